The molecule has 7 heteroatoms. The number of fused-ring (bicyclic) bond motifs is 1. The van der Waals surface area contributed by atoms with E-state index in [1.54, 1.807) is 37.5 Å². The number of aryl methyl sites for hydroxylation is 2. The van der Waals surface area contributed by atoms with Crippen LogP contribution in [-0.2, 0) is 17.6 Å². The lowest BCUT2D eigenvalue weighted by Gasteiger charge is -2.14. The second-order valence-electron chi connectivity index (χ2n) is 7.22. The maximum absolute atomic E-state index is 13.3. The molecule has 1 aliphatic rings. The number of pyridine rings is 1. The summed E-state index contributed by atoms with van der Waals surface area (Å²) < 4.78 is 13.3. The highest BCUT2D eigenvalue weighted by Crippen LogP contribution is 2.31. The van der Waals surface area contributed by atoms with E-state index in [9.17, 15) is 14.0 Å². The highest BCUT2D eigenvalue weighted by atomic mass is 19.1. The topological polar surface area (TPSA) is 87.7 Å². The van der Waals surface area contributed by atoms with E-state index in [4.69, 9.17) is 0 Å². The Kier molecular flexibility index (Phi) is 5.20. The van der Waals surface area contributed by atoms with Crippen LogP contribution in [0.1, 0.15) is 41.3 Å². The molecule has 0 aliphatic heterocycles. The van der Waals surface area contributed by atoms with Crippen molar-refractivity contribution in [1.29, 1.82) is 0 Å². The average Bonchev–Trinajstić information content (AvgIpc) is 3.09. The molecular formula is C22H21FN4O2. The summed E-state index contributed by atoms with van der Waals surface area (Å²) in [5.74, 6) is 0.0928. The van der Waals surface area contributed by atoms with E-state index in [-0.39, 0.29) is 29.7 Å². The molecule has 3 aromatic rings. The summed E-state index contributed by atoms with van der Waals surface area (Å²) in [6, 6.07) is 8.12. The first-order valence-corrected chi connectivity index (χ1v) is 9.59. The van der Waals surface area contributed by atoms with Crippen LogP contribution in [-0.4, -0.2) is 20.9 Å². The van der Waals surface area contributed by atoms with Crippen LogP contribution in [0.5, 0.6) is 0 Å². The summed E-state index contributed by atoms with van der Waals surface area (Å²) in [5, 5.41) is 3.00. The first-order chi connectivity index (χ1) is 14.0. The number of carbonyl (C=O) groups excluding carboxylic acids is 1. The number of halogens is 1. The third kappa shape index (κ3) is 4.08. The van der Waals surface area contributed by atoms with Crippen molar-refractivity contribution in [1.82, 2.24) is 20.3 Å². The molecule has 0 saturated heterocycles. The van der Waals surface area contributed by atoms with Gasteiger partial charge in [-0.25, -0.2) is 9.37 Å². The van der Waals surface area contributed by atoms with Gasteiger partial charge in [0.25, 0.3) is 5.56 Å². The van der Waals surface area contributed by atoms with Gasteiger partial charge in [0.1, 0.15) is 11.6 Å². The predicted octanol–water partition coefficient (Wildman–Crippen LogP) is 3.02. The molecule has 6 nitrogen and oxygen atoms in total. The molecule has 0 spiro atoms. The number of rotatable bonds is 5. The standard InChI is InChI=1S/C22H21FN4O2/c1-13-17(22(29)27-21(25-13)14-8-10-24-11-9-14)5-7-20(28)26-19-6-2-15-12-16(23)3-4-18(15)19/h3-4,8-12,19H,2,5-7H2,1H3,(H,26,28)(H,25,27,29)/t19-/m0/s1. The van der Waals surface area contributed by atoms with Gasteiger partial charge < -0.3 is 10.3 Å². The maximum atomic E-state index is 13.3. The first-order valence-electron chi connectivity index (χ1n) is 9.59. The monoisotopic (exact) mass is 392 g/mol. The zero-order chi connectivity index (χ0) is 20.4. The van der Waals surface area contributed by atoms with E-state index >= 15 is 0 Å². The predicted molar refractivity (Wildman–Crippen MR) is 107 cm³/mol. The van der Waals surface area contributed by atoms with E-state index in [2.05, 4.69) is 20.3 Å². The minimum absolute atomic E-state index is 0.107. The molecule has 0 fully saturated rings. The fraction of sp³-hybridized carbons (Fsp3) is 0.273. The smallest absolute Gasteiger partial charge is 0.254 e. The van der Waals surface area contributed by atoms with Gasteiger partial charge in [-0.1, -0.05) is 6.07 Å². The molecule has 2 aromatic heterocycles. The number of benzene rings is 1. The molecule has 148 valence electrons. The second kappa shape index (κ2) is 7.95. The fourth-order valence-corrected chi connectivity index (χ4v) is 3.79. The van der Waals surface area contributed by atoms with Crippen molar-refractivity contribution < 1.29 is 9.18 Å². The van der Waals surface area contributed by atoms with Gasteiger partial charge in [-0.2, -0.15) is 0 Å². The molecule has 2 N–H and O–H groups in total. The van der Waals surface area contributed by atoms with Crippen LogP contribution in [0.25, 0.3) is 11.4 Å². The minimum atomic E-state index is -0.256. The largest absolute Gasteiger partial charge is 0.349 e. The molecule has 0 saturated carbocycles. The lowest BCUT2D eigenvalue weighted by Crippen LogP contribution is -2.28. The van der Waals surface area contributed by atoms with Gasteiger partial charge >= 0.3 is 0 Å². The van der Waals surface area contributed by atoms with Gasteiger partial charge in [-0.15, -0.1) is 0 Å². The maximum Gasteiger partial charge on any atom is 0.254 e. The van der Waals surface area contributed by atoms with Crippen LogP contribution < -0.4 is 10.9 Å². The van der Waals surface area contributed by atoms with Crippen LogP contribution in [0.4, 0.5) is 4.39 Å². The molecule has 1 amide bonds. The summed E-state index contributed by atoms with van der Waals surface area (Å²) in [6.45, 7) is 1.77. The van der Waals surface area contributed by atoms with Gasteiger partial charge in [0.2, 0.25) is 5.91 Å². The third-order valence-electron chi connectivity index (χ3n) is 5.30. The Bertz CT molecular complexity index is 1110. The van der Waals surface area contributed by atoms with Crippen LogP contribution >= 0.6 is 0 Å². The summed E-state index contributed by atoms with van der Waals surface area (Å²) >= 11 is 0. The summed E-state index contributed by atoms with van der Waals surface area (Å²) in [5.41, 5.74) is 3.57. The number of amides is 1. The number of nitrogens with zero attached hydrogens (tertiary/aromatic N) is 2. The Morgan fingerprint density at radius 3 is 2.83 bits per heavy atom. The molecule has 0 bridgehead atoms. The third-order valence-corrected chi connectivity index (χ3v) is 5.30. The van der Waals surface area contributed by atoms with Gasteiger partial charge in [-0.3, -0.25) is 14.6 Å². The van der Waals surface area contributed by atoms with Crippen LogP contribution in [0, 0.1) is 12.7 Å². The zero-order valence-electron chi connectivity index (χ0n) is 16.0. The highest BCUT2D eigenvalue weighted by Gasteiger charge is 2.24. The zero-order valence-corrected chi connectivity index (χ0v) is 16.0. The Balaban J connectivity index is 1.42. The molecule has 2 heterocycles. The van der Waals surface area contributed by atoms with Crippen molar-refractivity contribution in [3.8, 4) is 11.4 Å². The minimum Gasteiger partial charge on any atom is -0.349 e. The molecule has 4 rings (SSSR count). The second-order valence-corrected chi connectivity index (χ2v) is 7.22. The summed E-state index contributed by atoms with van der Waals surface area (Å²) in [4.78, 5) is 36.2. The number of H-pyrrole nitrogens is 1. The quantitative estimate of drug-likeness (QED) is 0.699. The van der Waals surface area contributed by atoms with Crippen molar-refractivity contribution in [2.75, 3.05) is 0 Å². The number of aromatic nitrogens is 3. The average molecular weight is 392 g/mol. The SMILES string of the molecule is Cc1nc(-c2ccncc2)[nH]c(=O)c1CCC(=O)N[C@H]1CCc2cc(F)ccc21. The molecule has 0 radical (unpaired) electrons. The van der Waals surface area contributed by atoms with E-state index in [1.165, 1.54) is 12.1 Å². The van der Waals surface area contributed by atoms with Crippen molar-refractivity contribution in [2.45, 2.75) is 38.6 Å². The van der Waals surface area contributed by atoms with E-state index < -0.39 is 0 Å². The van der Waals surface area contributed by atoms with Crippen molar-refractivity contribution in [3.05, 3.63) is 81.3 Å². The van der Waals surface area contributed by atoms with E-state index in [1.807, 2.05) is 0 Å². The highest BCUT2D eigenvalue weighted by molar-refractivity contribution is 5.77. The number of hydrogen-bond acceptors (Lipinski definition) is 4. The van der Waals surface area contributed by atoms with Gasteiger partial charge in [0, 0.05) is 35.6 Å². The summed E-state index contributed by atoms with van der Waals surface area (Å²) in [6.07, 6.45) is 5.27. The molecular weight excluding hydrogens is 371 g/mol. The Morgan fingerprint density at radius 1 is 1.28 bits per heavy atom. The lowest BCUT2D eigenvalue weighted by atomic mass is 10.1. The van der Waals surface area contributed by atoms with Crippen LogP contribution in [0.15, 0.2) is 47.5 Å². The summed E-state index contributed by atoms with van der Waals surface area (Å²) in [7, 11) is 0. The number of aromatic amines is 1. The molecule has 1 aliphatic carbocycles. The van der Waals surface area contributed by atoms with Gasteiger partial charge in [0.15, 0.2) is 0 Å². The molecule has 1 aromatic carbocycles. The van der Waals surface area contributed by atoms with Crippen LogP contribution in [0.3, 0.4) is 0 Å². The van der Waals surface area contributed by atoms with Crippen LogP contribution in [0.2, 0.25) is 0 Å². The van der Waals surface area contributed by atoms with Gasteiger partial charge in [-0.05, 0) is 61.6 Å². The lowest BCUT2D eigenvalue weighted by molar-refractivity contribution is -0.121. The van der Waals surface area contributed by atoms with Crippen molar-refractivity contribution in [2.24, 2.45) is 0 Å². The normalized spacial score (nSPS) is 15.2. The number of carbonyl (C=O) groups is 1. The number of hydrogen-bond donors (Lipinski definition) is 2. The Hall–Kier alpha value is -3.35. The first kappa shape index (κ1) is 19.0. The molecule has 0 unspecified atom stereocenters. The van der Waals surface area contributed by atoms with Gasteiger partial charge in [0.05, 0.1) is 6.04 Å². The molecule has 29 heavy (non-hydrogen) atoms. The molecule has 1 atom stereocenters. The van der Waals surface area contributed by atoms with Crippen molar-refractivity contribution >= 4 is 5.91 Å². The Labute approximate surface area is 167 Å². The van der Waals surface area contributed by atoms with E-state index in [0.717, 1.165) is 29.5 Å². The van der Waals surface area contributed by atoms with Crippen molar-refractivity contribution in [3.63, 3.8) is 0 Å². The van der Waals surface area contributed by atoms with E-state index in [0.29, 0.717) is 23.5 Å². The fourth-order valence-electron chi connectivity index (χ4n) is 3.79. The number of nitrogens with one attached hydrogen (secondary N) is 2. The Morgan fingerprint density at radius 2 is 2.07 bits per heavy atom.